The highest BCUT2D eigenvalue weighted by Gasteiger charge is 2.31. The Kier molecular flexibility index (Phi) is 2.52. The first-order chi connectivity index (χ1) is 7.70. The van der Waals surface area contributed by atoms with E-state index in [0.717, 1.165) is 16.3 Å². The lowest BCUT2D eigenvalue weighted by atomic mass is 10.0. The van der Waals surface area contributed by atoms with Gasteiger partial charge in [-0.3, -0.25) is 0 Å². The monoisotopic (exact) mass is 272 g/mol. The topological polar surface area (TPSA) is 12.5 Å². The average Bonchev–Trinajstić information content (AvgIpc) is 3.11. The number of epoxide rings is 1. The van der Waals surface area contributed by atoms with Gasteiger partial charge in [-0.05, 0) is 5.39 Å². The van der Waals surface area contributed by atoms with E-state index < -0.39 is 0 Å². The smallest absolute Gasteiger partial charge is 0.108 e. The van der Waals surface area contributed by atoms with Gasteiger partial charge in [0, 0.05) is 10.9 Å². The molecule has 0 aromatic heterocycles. The van der Waals surface area contributed by atoms with Crippen molar-refractivity contribution in [1.82, 2.24) is 0 Å². The lowest BCUT2D eigenvalue weighted by Crippen LogP contribution is -1.89. The summed E-state index contributed by atoms with van der Waals surface area (Å²) in [6, 6.07) is 7.80. The van der Waals surface area contributed by atoms with E-state index in [-0.39, 0.29) is 6.10 Å². The Morgan fingerprint density at radius 3 is 2.19 bits per heavy atom. The normalized spacial score (nSPS) is 19.1. The molecule has 3 rings (SSSR count). The molecule has 0 aliphatic carbocycles. The minimum atomic E-state index is 0.0622. The van der Waals surface area contributed by atoms with Gasteiger partial charge in [-0.1, -0.05) is 59.1 Å². The fraction of sp³-hybridized carbons (Fsp3) is 0.167. The first-order valence-electron chi connectivity index (χ1n) is 4.87. The van der Waals surface area contributed by atoms with Crippen LogP contribution in [0.2, 0.25) is 15.1 Å². The second kappa shape index (κ2) is 3.78. The van der Waals surface area contributed by atoms with E-state index in [0.29, 0.717) is 21.7 Å². The van der Waals surface area contributed by atoms with Crippen LogP contribution in [0, 0.1) is 0 Å². The van der Waals surface area contributed by atoms with E-state index in [9.17, 15) is 0 Å². The first-order valence-corrected chi connectivity index (χ1v) is 6.00. The van der Waals surface area contributed by atoms with Gasteiger partial charge >= 0.3 is 0 Å². The van der Waals surface area contributed by atoms with Gasteiger partial charge in [-0.25, -0.2) is 0 Å². The standard InChI is InChI=1S/C12H7Cl3O/c13-10-7-4-2-1-3-6(7)9(8-5-16-8)11(14)12(10)15/h1-4,8H,5H2. The summed E-state index contributed by atoms with van der Waals surface area (Å²) in [6.45, 7) is 0.696. The summed E-state index contributed by atoms with van der Waals surface area (Å²) in [5.74, 6) is 0. The highest BCUT2D eigenvalue weighted by molar-refractivity contribution is 6.51. The van der Waals surface area contributed by atoms with Crippen molar-refractivity contribution in [2.24, 2.45) is 0 Å². The molecule has 1 saturated heterocycles. The molecule has 0 saturated carbocycles. The Balaban J connectivity index is 2.46. The molecule has 0 radical (unpaired) electrons. The summed E-state index contributed by atoms with van der Waals surface area (Å²) in [4.78, 5) is 0. The third kappa shape index (κ3) is 1.51. The van der Waals surface area contributed by atoms with E-state index in [1.807, 2.05) is 24.3 Å². The zero-order valence-corrected chi connectivity index (χ0v) is 10.4. The van der Waals surface area contributed by atoms with Crippen molar-refractivity contribution >= 4 is 45.6 Å². The van der Waals surface area contributed by atoms with Crippen LogP contribution in [-0.2, 0) is 4.74 Å². The highest BCUT2D eigenvalue weighted by Crippen LogP contribution is 2.46. The van der Waals surface area contributed by atoms with Crippen molar-refractivity contribution in [3.8, 4) is 0 Å². The predicted octanol–water partition coefficient (Wildman–Crippen LogP) is 4.87. The number of ether oxygens (including phenoxy) is 1. The molecule has 0 N–H and O–H groups in total. The molecule has 1 aliphatic heterocycles. The summed E-state index contributed by atoms with van der Waals surface area (Å²) in [5.41, 5.74) is 0.951. The molecule has 0 bridgehead atoms. The Hall–Kier alpha value is -0.470. The average molecular weight is 274 g/mol. The van der Waals surface area contributed by atoms with Crippen molar-refractivity contribution in [3.05, 3.63) is 44.9 Å². The van der Waals surface area contributed by atoms with Crippen LogP contribution in [0.15, 0.2) is 24.3 Å². The van der Waals surface area contributed by atoms with E-state index in [1.54, 1.807) is 0 Å². The Morgan fingerprint density at radius 2 is 1.56 bits per heavy atom. The molecule has 1 heterocycles. The summed E-state index contributed by atoms with van der Waals surface area (Å²) in [7, 11) is 0. The van der Waals surface area contributed by atoms with Crippen molar-refractivity contribution in [3.63, 3.8) is 0 Å². The molecule has 1 aliphatic rings. The second-order valence-electron chi connectivity index (χ2n) is 3.72. The van der Waals surface area contributed by atoms with Gasteiger partial charge in [0.05, 0.1) is 21.7 Å². The Morgan fingerprint density at radius 1 is 0.938 bits per heavy atom. The van der Waals surface area contributed by atoms with Crippen molar-refractivity contribution in [1.29, 1.82) is 0 Å². The molecule has 1 fully saturated rings. The summed E-state index contributed by atoms with van der Waals surface area (Å²) >= 11 is 18.5. The second-order valence-corrected chi connectivity index (χ2v) is 4.86. The SMILES string of the molecule is Clc1c(Cl)c(C2CO2)c2ccccc2c1Cl. The van der Waals surface area contributed by atoms with Crippen LogP contribution < -0.4 is 0 Å². The van der Waals surface area contributed by atoms with E-state index in [1.165, 1.54) is 0 Å². The molecule has 82 valence electrons. The maximum Gasteiger partial charge on any atom is 0.108 e. The molecule has 0 amide bonds. The fourth-order valence-electron chi connectivity index (χ4n) is 1.89. The van der Waals surface area contributed by atoms with Gasteiger partial charge in [0.2, 0.25) is 0 Å². The molecular formula is C12H7Cl3O. The molecule has 4 heteroatoms. The number of hydrogen-bond donors (Lipinski definition) is 0. The number of rotatable bonds is 1. The van der Waals surface area contributed by atoms with E-state index in [4.69, 9.17) is 39.5 Å². The van der Waals surface area contributed by atoms with Gasteiger partial charge in [0.25, 0.3) is 0 Å². The van der Waals surface area contributed by atoms with Gasteiger partial charge in [0.15, 0.2) is 0 Å². The molecule has 0 spiro atoms. The predicted molar refractivity (Wildman–Crippen MR) is 67.7 cm³/mol. The minimum absolute atomic E-state index is 0.0622. The van der Waals surface area contributed by atoms with Gasteiger partial charge in [0.1, 0.15) is 6.10 Å². The lowest BCUT2D eigenvalue weighted by molar-refractivity contribution is 0.417. The van der Waals surface area contributed by atoms with Gasteiger partial charge in [-0.15, -0.1) is 0 Å². The van der Waals surface area contributed by atoms with Crippen LogP contribution in [0.25, 0.3) is 10.8 Å². The molecule has 1 atom stereocenters. The summed E-state index contributed by atoms with van der Waals surface area (Å²) < 4.78 is 5.29. The van der Waals surface area contributed by atoms with Crippen molar-refractivity contribution in [2.75, 3.05) is 6.61 Å². The lowest BCUT2D eigenvalue weighted by Gasteiger charge is -2.10. The zero-order chi connectivity index (χ0) is 11.3. The number of benzene rings is 2. The first kappa shape index (κ1) is 10.7. The van der Waals surface area contributed by atoms with Crippen LogP contribution in [0.1, 0.15) is 11.7 Å². The van der Waals surface area contributed by atoms with Crippen LogP contribution in [0.3, 0.4) is 0 Å². The van der Waals surface area contributed by atoms with Crippen LogP contribution in [0.5, 0.6) is 0 Å². The molecule has 1 nitrogen and oxygen atoms in total. The van der Waals surface area contributed by atoms with Gasteiger partial charge in [-0.2, -0.15) is 0 Å². The summed E-state index contributed by atoms with van der Waals surface area (Å²) in [5, 5.41) is 3.36. The maximum atomic E-state index is 6.22. The molecular weight excluding hydrogens is 266 g/mol. The third-order valence-corrected chi connectivity index (χ3v) is 4.09. The quantitative estimate of drug-likeness (QED) is 0.533. The Labute approximate surface area is 108 Å². The third-order valence-electron chi connectivity index (χ3n) is 2.73. The number of halogens is 3. The summed E-state index contributed by atoms with van der Waals surface area (Å²) in [6.07, 6.45) is 0.0622. The molecule has 16 heavy (non-hydrogen) atoms. The number of fused-ring (bicyclic) bond motifs is 1. The van der Waals surface area contributed by atoms with Crippen molar-refractivity contribution in [2.45, 2.75) is 6.10 Å². The van der Waals surface area contributed by atoms with Crippen LogP contribution in [0.4, 0.5) is 0 Å². The largest absolute Gasteiger partial charge is 0.368 e. The van der Waals surface area contributed by atoms with E-state index in [2.05, 4.69) is 0 Å². The van der Waals surface area contributed by atoms with Crippen LogP contribution >= 0.6 is 34.8 Å². The molecule has 2 aromatic rings. The highest BCUT2D eigenvalue weighted by atomic mass is 35.5. The van der Waals surface area contributed by atoms with Crippen molar-refractivity contribution < 1.29 is 4.74 Å². The molecule has 2 aromatic carbocycles. The van der Waals surface area contributed by atoms with E-state index >= 15 is 0 Å². The number of hydrogen-bond acceptors (Lipinski definition) is 1. The van der Waals surface area contributed by atoms with Gasteiger partial charge < -0.3 is 4.74 Å². The Bertz CT molecular complexity index is 576. The fourth-order valence-corrected chi connectivity index (χ4v) is 2.72. The zero-order valence-electron chi connectivity index (χ0n) is 8.14. The maximum absolute atomic E-state index is 6.22. The van der Waals surface area contributed by atoms with Crippen LogP contribution in [-0.4, -0.2) is 6.61 Å². The minimum Gasteiger partial charge on any atom is -0.368 e. The molecule has 1 unspecified atom stereocenters.